The Bertz CT molecular complexity index is 1330. The van der Waals surface area contributed by atoms with Crippen LogP contribution in [0, 0.1) is 0 Å². The van der Waals surface area contributed by atoms with Crippen LogP contribution < -0.4 is 25.8 Å². The third-order valence-corrected chi connectivity index (χ3v) is 9.04. The number of benzene rings is 1. The number of aliphatic hydroxyl groups is 1. The average Bonchev–Trinajstić information content (AvgIpc) is 2.97. The van der Waals surface area contributed by atoms with E-state index in [4.69, 9.17) is 34.1 Å². The second-order valence-electron chi connectivity index (χ2n) is 10.5. The average molecular weight is 645 g/mol. The fourth-order valence-electron chi connectivity index (χ4n) is 5.79. The molecule has 1 aromatic heterocycles. The van der Waals surface area contributed by atoms with E-state index >= 15 is 0 Å². The van der Waals surface area contributed by atoms with Crippen molar-refractivity contribution in [1.82, 2.24) is 29.8 Å². The molecule has 3 heterocycles. The van der Waals surface area contributed by atoms with E-state index in [1.807, 2.05) is 24.3 Å². The highest BCUT2D eigenvalue weighted by atomic mass is 35.5. The molecule has 4 rings (SSSR count). The zero-order valence-corrected chi connectivity index (χ0v) is 25.9. The van der Waals surface area contributed by atoms with Crippen molar-refractivity contribution in [3.05, 3.63) is 45.7 Å². The number of aromatic nitrogens is 2. The third-order valence-electron chi connectivity index (χ3n) is 7.93. The third kappa shape index (κ3) is 8.20. The molecule has 232 valence electrons. The highest BCUT2D eigenvalue weighted by Crippen LogP contribution is 2.31. The summed E-state index contributed by atoms with van der Waals surface area (Å²) in [6.45, 7) is 6.10. The van der Waals surface area contributed by atoms with Crippen LogP contribution in [0.1, 0.15) is 48.3 Å². The van der Waals surface area contributed by atoms with E-state index in [1.165, 1.54) is 0 Å². The van der Waals surface area contributed by atoms with E-state index in [1.54, 1.807) is 0 Å². The Morgan fingerprint density at radius 1 is 1.12 bits per heavy atom. The quantitative estimate of drug-likeness (QED) is 0.221. The molecule has 16 heteroatoms. The summed E-state index contributed by atoms with van der Waals surface area (Å²) < 4.78 is 24.0. The second kappa shape index (κ2) is 14.4. The maximum Gasteiger partial charge on any atom is 0.274 e. The van der Waals surface area contributed by atoms with Crippen LogP contribution in [-0.4, -0.2) is 104 Å². The van der Waals surface area contributed by atoms with Gasteiger partial charge in [-0.2, -0.15) is 8.42 Å². The van der Waals surface area contributed by atoms with Gasteiger partial charge in [-0.1, -0.05) is 42.3 Å². The van der Waals surface area contributed by atoms with Crippen LogP contribution in [0.5, 0.6) is 0 Å². The van der Waals surface area contributed by atoms with Crippen molar-refractivity contribution in [2.24, 2.45) is 5.14 Å². The van der Waals surface area contributed by atoms with Gasteiger partial charge in [-0.3, -0.25) is 14.6 Å². The smallest absolute Gasteiger partial charge is 0.274 e. The lowest BCUT2D eigenvalue weighted by Gasteiger charge is -2.48. The number of anilines is 2. The SMILES string of the molecule is CC[C@H]1CN(c2nc(N)c(C(=O)NCCNS(N)(=O)=O)nc2Cl)CCN1C1CCN([C@H](CO)c2ccc(Cl)cc2)CC1. The van der Waals surface area contributed by atoms with E-state index in [-0.39, 0.29) is 48.4 Å². The zero-order valence-electron chi connectivity index (χ0n) is 23.5. The van der Waals surface area contributed by atoms with Crippen molar-refractivity contribution in [2.45, 2.75) is 44.3 Å². The van der Waals surface area contributed by atoms with Crippen LogP contribution in [0.2, 0.25) is 10.2 Å². The molecule has 1 amide bonds. The first-order chi connectivity index (χ1) is 20.0. The molecule has 0 unspecified atom stereocenters. The number of hydrogen-bond donors (Lipinski definition) is 5. The van der Waals surface area contributed by atoms with Crippen LogP contribution >= 0.6 is 23.2 Å². The number of hydrogen-bond acceptors (Lipinski definition) is 10. The molecule has 2 atom stereocenters. The Balaban J connectivity index is 1.35. The van der Waals surface area contributed by atoms with Crippen molar-refractivity contribution in [3.8, 4) is 0 Å². The molecule has 1 aromatic carbocycles. The molecule has 0 aliphatic carbocycles. The normalized spacial score (nSPS) is 20.0. The van der Waals surface area contributed by atoms with Crippen LogP contribution in [0.25, 0.3) is 0 Å². The van der Waals surface area contributed by atoms with E-state index in [2.05, 4.69) is 41.6 Å². The Hall–Kier alpha value is -2.30. The van der Waals surface area contributed by atoms with Gasteiger partial charge < -0.3 is 21.1 Å². The van der Waals surface area contributed by atoms with Crippen molar-refractivity contribution < 1.29 is 18.3 Å². The van der Waals surface area contributed by atoms with E-state index in [9.17, 15) is 18.3 Å². The number of nitrogen functional groups attached to an aromatic ring is 1. The maximum absolute atomic E-state index is 12.5. The molecule has 2 aliphatic rings. The van der Waals surface area contributed by atoms with Crippen LogP contribution in [0.15, 0.2) is 24.3 Å². The highest BCUT2D eigenvalue weighted by Gasteiger charge is 2.35. The predicted octanol–water partition coefficient (Wildman–Crippen LogP) is 0.987. The Morgan fingerprint density at radius 2 is 1.81 bits per heavy atom. The molecular weight excluding hydrogens is 605 g/mol. The summed E-state index contributed by atoms with van der Waals surface area (Å²) in [4.78, 5) is 28.1. The van der Waals surface area contributed by atoms with E-state index < -0.39 is 16.1 Å². The number of piperazine rings is 1. The Labute approximate surface area is 256 Å². The fourth-order valence-corrected chi connectivity index (χ4v) is 6.55. The van der Waals surface area contributed by atoms with Gasteiger partial charge in [0.1, 0.15) is 0 Å². The summed E-state index contributed by atoms with van der Waals surface area (Å²) in [5.74, 6) is -0.247. The van der Waals surface area contributed by atoms with Crippen molar-refractivity contribution >= 4 is 51.0 Å². The van der Waals surface area contributed by atoms with Gasteiger partial charge in [0.25, 0.3) is 16.1 Å². The number of likely N-dealkylation sites (tertiary alicyclic amines) is 1. The molecule has 2 saturated heterocycles. The maximum atomic E-state index is 12.5. The van der Waals surface area contributed by atoms with Gasteiger partial charge in [0.05, 0.1) is 12.6 Å². The van der Waals surface area contributed by atoms with Crippen LogP contribution in [0.3, 0.4) is 0 Å². The first-order valence-corrected chi connectivity index (χ1v) is 16.3. The highest BCUT2D eigenvalue weighted by molar-refractivity contribution is 7.87. The van der Waals surface area contributed by atoms with Crippen LogP contribution in [-0.2, 0) is 10.2 Å². The summed E-state index contributed by atoms with van der Waals surface area (Å²) in [6, 6.07) is 8.35. The molecule has 13 nitrogen and oxygen atoms in total. The minimum atomic E-state index is -3.86. The number of carbonyl (C=O) groups excluding carboxylic acids is 1. The molecule has 2 fully saturated rings. The van der Waals surface area contributed by atoms with Gasteiger partial charge in [0.2, 0.25) is 0 Å². The lowest BCUT2D eigenvalue weighted by atomic mass is 9.96. The standard InChI is InChI=1S/C26H39Cl2N9O4S/c1-2-19-15-36(25-23(28)33-22(24(29)34-25)26(39)31-9-10-32-42(30,40)41)13-14-37(19)20-7-11-35(12-8-20)21(16-38)17-3-5-18(27)6-4-17/h3-6,19-21,32,38H,2,7-16H2,1H3,(H2,29,34)(H,31,39)(H2,30,40,41)/t19-,21+/m0/s1. The summed E-state index contributed by atoms with van der Waals surface area (Å²) in [7, 11) is -3.86. The number of carbonyl (C=O) groups is 1. The van der Waals surface area contributed by atoms with Gasteiger partial charge in [-0.15, -0.1) is 0 Å². The first kappa shape index (κ1) is 32.6. The topological polar surface area (TPSA) is 183 Å². The number of amides is 1. The fraction of sp³-hybridized carbons (Fsp3) is 0.577. The number of rotatable bonds is 11. The number of nitrogens with zero attached hydrogens (tertiary/aromatic N) is 5. The zero-order chi connectivity index (χ0) is 30.4. The molecule has 0 bridgehead atoms. The largest absolute Gasteiger partial charge is 0.394 e. The monoisotopic (exact) mass is 643 g/mol. The van der Waals surface area contributed by atoms with Gasteiger partial charge >= 0.3 is 0 Å². The number of nitrogens with one attached hydrogen (secondary N) is 2. The Morgan fingerprint density at radius 3 is 2.43 bits per heavy atom. The van der Waals surface area contributed by atoms with Crippen molar-refractivity contribution in [1.29, 1.82) is 0 Å². The minimum Gasteiger partial charge on any atom is -0.394 e. The van der Waals surface area contributed by atoms with E-state index in [0.29, 0.717) is 30.0 Å². The number of nitrogens with two attached hydrogens (primary N) is 2. The second-order valence-corrected chi connectivity index (χ2v) is 12.7. The number of piperidine rings is 1. The number of halogens is 2. The van der Waals surface area contributed by atoms with E-state index in [0.717, 1.165) is 44.5 Å². The summed E-state index contributed by atoms with van der Waals surface area (Å²) in [6.07, 6.45) is 2.95. The number of aliphatic hydroxyl groups excluding tert-OH is 1. The molecule has 2 aliphatic heterocycles. The van der Waals surface area contributed by atoms with Gasteiger partial charge in [-0.25, -0.2) is 19.8 Å². The lowest BCUT2D eigenvalue weighted by molar-refractivity contribution is 0.0356. The molecule has 42 heavy (non-hydrogen) atoms. The summed E-state index contributed by atoms with van der Waals surface area (Å²) in [5, 5.41) is 18.3. The Kier molecular flexibility index (Phi) is 11.2. The molecule has 0 radical (unpaired) electrons. The first-order valence-electron chi connectivity index (χ1n) is 14.0. The van der Waals surface area contributed by atoms with Gasteiger partial charge in [0, 0.05) is 62.9 Å². The minimum absolute atomic E-state index is 0.0173. The van der Waals surface area contributed by atoms with Gasteiger partial charge in [-0.05, 0) is 37.0 Å². The van der Waals surface area contributed by atoms with Gasteiger partial charge in [0.15, 0.2) is 22.5 Å². The van der Waals surface area contributed by atoms with Crippen LogP contribution in [0.4, 0.5) is 11.6 Å². The molecule has 0 saturated carbocycles. The molecule has 2 aromatic rings. The molecule has 7 N–H and O–H groups in total. The van der Waals surface area contributed by atoms with Crippen molar-refractivity contribution in [2.75, 3.05) is 63.1 Å². The molecule has 0 spiro atoms. The van der Waals surface area contributed by atoms with Crippen molar-refractivity contribution in [3.63, 3.8) is 0 Å². The lowest BCUT2D eigenvalue weighted by Crippen LogP contribution is -2.58. The summed E-state index contributed by atoms with van der Waals surface area (Å²) in [5.41, 5.74) is 7.03. The molecular formula is C26H39Cl2N9O4S. The predicted molar refractivity (Wildman–Crippen MR) is 164 cm³/mol. The summed E-state index contributed by atoms with van der Waals surface area (Å²) >= 11 is 12.5.